The first-order valence-electron chi connectivity index (χ1n) is 5.63. The van der Waals surface area contributed by atoms with Crippen LogP contribution in [0, 0.1) is 0 Å². The van der Waals surface area contributed by atoms with E-state index < -0.39 is 5.97 Å². The molecule has 110 valence electrons. The number of carbonyl (C=O) groups excluding carboxylic acids is 1. The van der Waals surface area contributed by atoms with Crippen LogP contribution in [0.1, 0.15) is 0 Å². The van der Waals surface area contributed by atoms with Gasteiger partial charge in [-0.1, -0.05) is 15.9 Å². The first-order valence-corrected chi connectivity index (χ1v) is 7.21. The van der Waals surface area contributed by atoms with Crippen LogP contribution in [0.25, 0.3) is 0 Å². The number of rotatable bonds is 8. The number of carboxylic acids is 1. The minimum atomic E-state index is -1.04. The fraction of sp³-hybridized carbons (Fsp3) is 0.333. The molecule has 0 saturated heterocycles. The van der Waals surface area contributed by atoms with Gasteiger partial charge in [-0.3, -0.25) is 4.79 Å². The summed E-state index contributed by atoms with van der Waals surface area (Å²) in [6.45, 7) is -0.131. The topological polar surface area (TPSA) is 84.9 Å². The Morgan fingerprint density at radius 2 is 2.00 bits per heavy atom. The van der Waals surface area contributed by atoms with E-state index in [2.05, 4.69) is 37.2 Å². The number of hydrogen-bond acceptors (Lipinski definition) is 4. The maximum atomic E-state index is 11.5. The third-order valence-electron chi connectivity index (χ3n) is 2.05. The second-order valence-electron chi connectivity index (χ2n) is 3.66. The fourth-order valence-corrected chi connectivity index (χ4v) is 2.37. The molecule has 0 aliphatic heterocycles. The molecular formula is C12H13Br2NO5. The number of ether oxygens (including phenoxy) is 2. The first kappa shape index (κ1) is 16.9. The highest BCUT2D eigenvalue weighted by Gasteiger charge is 2.06. The molecule has 6 nitrogen and oxygen atoms in total. The average Bonchev–Trinajstić information content (AvgIpc) is 2.37. The second kappa shape index (κ2) is 8.93. The third-order valence-corrected chi connectivity index (χ3v) is 3.16. The van der Waals surface area contributed by atoms with Crippen LogP contribution in [0.3, 0.4) is 0 Å². The summed E-state index contributed by atoms with van der Waals surface area (Å²) in [7, 11) is 0. The molecule has 1 rings (SSSR count). The van der Waals surface area contributed by atoms with E-state index in [0.29, 0.717) is 5.75 Å². The van der Waals surface area contributed by atoms with E-state index in [0.717, 1.165) is 8.95 Å². The number of hydrogen-bond donors (Lipinski definition) is 2. The van der Waals surface area contributed by atoms with Crippen LogP contribution in [0.4, 0.5) is 0 Å². The fourth-order valence-electron chi connectivity index (χ4n) is 1.21. The van der Waals surface area contributed by atoms with Crippen molar-refractivity contribution in [1.29, 1.82) is 0 Å². The molecule has 0 saturated carbocycles. The summed E-state index contributed by atoms with van der Waals surface area (Å²) in [6, 6.07) is 5.35. The SMILES string of the molecule is O=C(O)COCCNC(=O)COc1ccc(Br)cc1Br. The lowest BCUT2D eigenvalue weighted by molar-refractivity contribution is -0.142. The zero-order valence-corrected chi connectivity index (χ0v) is 13.6. The molecule has 1 amide bonds. The second-order valence-corrected chi connectivity index (χ2v) is 5.43. The summed E-state index contributed by atoms with van der Waals surface area (Å²) >= 11 is 6.64. The molecule has 20 heavy (non-hydrogen) atoms. The molecule has 0 fully saturated rings. The highest BCUT2D eigenvalue weighted by Crippen LogP contribution is 2.27. The lowest BCUT2D eigenvalue weighted by atomic mass is 10.3. The van der Waals surface area contributed by atoms with Crippen LogP contribution in [-0.2, 0) is 14.3 Å². The normalized spacial score (nSPS) is 10.1. The van der Waals surface area contributed by atoms with E-state index in [1.807, 2.05) is 6.07 Å². The van der Waals surface area contributed by atoms with Gasteiger partial charge in [-0.05, 0) is 34.1 Å². The number of halogens is 2. The van der Waals surface area contributed by atoms with Gasteiger partial charge >= 0.3 is 5.97 Å². The molecule has 0 aliphatic carbocycles. The molecule has 1 aromatic carbocycles. The lowest BCUT2D eigenvalue weighted by Crippen LogP contribution is -2.32. The summed E-state index contributed by atoms with van der Waals surface area (Å²) in [5, 5.41) is 10.9. The summed E-state index contributed by atoms with van der Waals surface area (Å²) in [5.41, 5.74) is 0. The van der Waals surface area contributed by atoms with Crippen LogP contribution < -0.4 is 10.1 Å². The van der Waals surface area contributed by atoms with Crippen LogP contribution >= 0.6 is 31.9 Å². The van der Waals surface area contributed by atoms with E-state index in [1.165, 1.54) is 0 Å². The molecule has 0 unspecified atom stereocenters. The summed E-state index contributed by atoms with van der Waals surface area (Å²) < 4.78 is 11.7. The van der Waals surface area contributed by atoms with Crippen LogP contribution in [0.2, 0.25) is 0 Å². The number of carboxylic acid groups (broad SMARTS) is 1. The van der Waals surface area contributed by atoms with Gasteiger partial charge in [0.05, 0.1) is 11.1 Å². The van der Waals surface area contributed by atoms with Crippen molar-refractivity contribution >= 4 is 43.7 Å². The molecule has 0 atom stereocenters. The minimum absolute atomic E-state index is 0.126. The van der Waals surface area contributed by atoms with Gasteiger partial charge < -0.3 is 19.9 Å². The van der Waals surface area contributed by atoms with Gasteiger partial charge in [-0.25, -0.2) is 4.79 Å². The van der Waals surface area contributed by atoms with Crippen molar-refractivity contribution in [3.05, 3.63) is 27.1 Å². The van der Waals surface area contributed by atoms with E-state index in [9.17, 15) is 9.59 Å². The van der Waals surface area contributed by atoms with E-state index in [1.54, 1.807) is 12.1 Å². The quantitative estimate of drug-likeness (QED) is 0.638. The lowest BCUT2D eigenvalue weighted by Gasteiger charge is -2.09. The smallest absolute Gasteiger partial charge is 0.329 e. The Morgan fingerprint density at radius 3 is 2.65 bits per heavy atom. The van der Waals surface area contributed by atoms with Crippen molar-refractivity contribution in [3.8, 4) is 5.75 Å². The van der Waals surface area contributed by atoms with Gasteiger partial charge in [-0.15, -0.1) is 0 Å². The molecule has 0 heterocycles. The van der Waals surface area contributed by atoms with Crippen molar-refractivity contribution in [2.45, 2.75) is 0 Å². The van der Waals surface area contributed by atoms with Crippen LogP contribution in [0.15, 0.2) is 27.1 Å². The number of aliphatic carboxylic acids is 1. The van der Waals surface area contributed by atoms with E-state index >= 15 is 0 Å². The number of amides is 1. The van der Waals surface area contributed by atoms with Gasteiger partial charge in [0, 0.05) is 11.0 Å². The molecule has 0 aromatic heterocycles. The zero-order chi connectivity index (χ0) is 15.0. The maximum Gasteiger partial charge on any atom is 0.329 e. The maximum absolute atomic E-state index is 11.5. The number of carbonyl (C=O) groups is 2. The van der Waals surface area contributed by atoms with Crippen LogP contribution in [-0.4, -0.2) is 43.3 Å². The Balaban J connectivity index is 2.21. The van der Waals surface area contributed by atoms with Crippen molar-refractivity contribution in [2.75, 3.05) is 26.4 Å². The molecule has 0 aliphatic rings. The Hall–Kier alpha value is -1.12. The molecule has 0 spiro atoms. The number of benzene rings is 1. The van der Waals surface area contributed by atoms with Crippen molar-refractivity contribution < 1.29 is 24.2 Å². The van der Waals surface area contributed by atoms with Gasteiger partial charge in [0.25, 0.3) is 5.91 Å². The van der Waals surface area contributed by atoms with Gasteiger partial charge in [0.1, 0.15) is 12.4 Å². The highest BCUT2D eigenvalue weighted by atomic mass is 79.9. The van der Waals surface area contributed by atoms with Crippen molar-refractivity contribution in [3.63, 3.8) is 0 Å². The molecule has 2 N–H and O–H groups in total. The van der Waals surface area contributed by atoms with Crippen molar-refractivity contribution in [2.24, 2.45) is 0 Å². The Morgan fingerprint density at radius 1 is 1.25 bits per heavy atom. The Labute approximate surface area is 132 Å². The third kappa shape index (κ3) is 6.88. The predicted octanol–water partition coefficient (Wildman–Crippen LogP) is 1.81. The molecule has 8 heteroatoms. The summed E-state index contributed by atoms with van der Waals surface area (Å²) in [4.78, 5) is 21.6. The Bertz CT molecular complexity index is 481. The molecular weight excluding hydrogens is 398 g/mol. The van der Waals surface area contributed by atoms with E-state index in [-0.39, 0.29) is 32.3 Å². The Kier molecular flexibility index (Phi) is 7.56. The highest BCUT2D eigenvalue weighted by molar-refractivity contribution is 9.11. The molecule has 0 bridgehead atoms. The van der Waals surface area contributed by atoms with Gasteiger partial charge in [-0.2, -0.15) is 0 Å². The van der Waals surface area contributed by atoms with Gasteiger partial charge in [0.15, 0.2) is 6.61 Å². The van der Waals surface area contributed by atoms with Gasteiger partial charge in [0.2, 0.25) is 0 Å². The zero-order valence-electron chi connectivity index (χ0n) is 10.4. The predicted molar refractivity (Wildman–Crippen MR) is 78.8 cm³/mol. The summed E-state index contributed by atoms with van der Waals surface area (Å²) in [5.74, 6) is -0.788. The van der Waals surface area contributed by atoms with Crippen molar-refractivity contribution in [1.82, 2.24) is 5.32 Å². The first-order chi connectivity index (χ1) is 9.49. The average molecular weight is 411 g/mol. The van der Waals surface area contributed by atoms with Crippen LogP contribution in [0.5, 0.6) is 5.75 Å². The molecule has 0 radical (unpaired) electrons. The van der Waals surface area contributed by atoms with E-state index in [4.69, 9.17) is 14.6 Å². The standard InChI is InChI=1S/C12H13Br2NO5/c13-8-1-2-10(9(14)5-8)20-6-11(16)15-3-4-19-7-12(17)18/h1-2,5H,3-4,6-7H2,(H,15,16)(H,17,18). The largest absolute Gasteiger partial charge is 0.483 e. The minimum Gasteiger partial charge on any atom is -0.483 e. The number of nitrogens with one attached hydrogen (secondary N) is 1. The monoisotopic (exact) mass is 409 g/mol. The summed E-state index contributed by atoms with van der Waals surface area (Å²) in [6.07, 6.45) is 0. The molecule has 1 aromatic rings.